The van der Waals surface area contributed by atoms with Gasteiger partial charge in [-0.1, -0.05) is 27.7 Å². The van der Waals surface area contributed by atoms with E-state index in [0.717, 1.165) is 5.06 Å². The van der Waals surface area contributed by atoms with Crippen LogP contribution in [0.5, 0.6) is 0 Å². The molecule has 0 saturated heterocycles. The number of amidine groups is 1. The SMILES string of the molecule is CC.CC.CC(=N)N(O)CCCC[C@H](N)C(=O)O. The average molecular weight is 263 g/mol. The molecule has 18 heavy (non-hydrogen) atoms. The molecule has 0 spiro atoms. The summed E-state index contributed by atoms with van der Waals surface area (Å²) in [5, 5.41) is 25.4. The second-order valence-electron chi connectivity index (χ2n) is 3.15. The number of rotatable bonds is 6. The second-order valence-corrected chi connectivity index (χ2v) is 3.15. The van der Waals surface area contributed by atoms with E-state index in [2.05, 4.69) is 0 Å². The number of nitrogens with zero attached hydrogens (tertiary/aromatic N) is 1. The molecule has 1 atom stereocenters. The van der Waals surface area contributed by atoms with Gasteiger partial charge >= 0.3 is 5.97 Å². The van der Waals surface area contributed by atoms with E-state index < -0.39 is 12.0 Å². The summed E-state index contributed by atoms with van der Waals surface area (Å²) in [7, 11) is 0. The highest BCUT2D eigenvalue weighted by Crippen LogP contribution is 2.00. The highest BCUT2D eigenvalue weighted by atomic mass is 16.5. The summed E-state index contributed by atoms with van der Waals surface area (Å²) in [6.45, 7) is 9.81. The maximum absolute atomic E-state index is 10.3. The van der Waals surface area contributed by atoms with Gasteiger partial charge in [-0.2, -0.15) is 0 Å². The largest absolute Gasteiger partial charge is 0.480 e. The third-order valence-corrected chi connectivity index (χ3v) is 1.84. The summed E-state index contributed by atoms with van der Waals surface area (Å²) in [6, 6.07) is -0.830. The van der Waals surface area contributed by atoms with E-state index in [9.17, 15) is 4.79 Å². The smallest absolute Gasteiger partial charge is 0.320 e. The Morgan fingerprint density at radius 1 is 1.28 bits per heavy atom. The topological polar surface area (TPSA) is 111 Å². The first kappa shape index (κ1) is 22.1. The van der Waals surface area contributed by atoms with Crippen LogP contribution in [0.3, 0.4) is 0 Å². The van der Waals surface area contributed by atoms with Gasteiger partial charge in [-0.15, -0.1) is 0 Å². The van der Waals surface area contributed by atoms with Crippen molar-refractivity contribution in [3.63, 3.8) is 0 Å². The molecule has 0 amide bonds. The van der Waals surface area contributed by atoms with Gasteiger partial charge < -0.3 is 10.8 Å². The summed E-state index contributed by atoms with van der Waals surface area (Å²) >= 11 is 0. The molecule has 0 aliphatic rings. The molecular formula is C12H29N3O3. The zero-order valence-corrected chi connectivity index (χ0v) is 12.2. The fourth-order valence-corrected chi connectivity index (χ4v) is 0.917. The molecule has 0 aliphatic heterocycles. The lowest BCUT2D eigenvalue weighted by Gasteiger charge is -2.14. The Bertz CT molecular complexity index is 189. The Morgan fingerprint density at radius 2 is 1.72 bits per heavy atom. The molecule has 0 unspecified atom stereocenters. The third-order valence-electron chi connectivity index (χ3n) is 1.84. The van der Waals surface area contributed by atoms with Crippen molar-refractivity contribution in [1.82, 2.24) is 5.06 Å². The number of carbonyl (C=O) groups is 1. The van der Waals surface area contributed by atoms with Crippen molar-refractivity contribution in [3.8, 4) is 0 Å². The fraction of sp³-hybridized carbons (Fsp3) is 0.833. The van der Waals surface area contributed by atoms with Gasteiger partial charge in [-0.05, 0) is 26.2 Å². The highest BCUT2D eigenvalue weighted by molar-refractivity contribution is 5.74. The number of carboxylic acids is 1. The summed E-state index contributed by atoms with van der Waals surface area (Å²) < 4.78 is 0. The summed E-state index contributed by atoms with van der Waals surface area (Å²) in [6.07, 6.45) is 1.63. The van der Waals surface area contributed by atoms with Crippen molar-refractivity contribution < 1.29 is 15.1 Å². The van der Waals surface area contributed by atoms with E-state index in [1.807, 2.05) is 27.7 Å². The van der Waals surface area contributed by atoms with E-state index >= 15 is 0 Å². The van der Waals surface area contributed by atoms with Crippen LogP contribution in [-0.4, -0.2) is 39.8 Å². The minimum absolute atomic E-state index is 0.0764. The third kappa shape index (κ3) is 14.9. The zero-order chi connectivity index (χ0) is 15.1. The molecule has 6 heteroatoms. The van der Waals surface area contributed by atoms with Crippen LogP contribution < -0.4 is 5.73 Å². The highest BCUT2D eigenvalue weighted by Gasteiger charge is 2.10. The van der Waals surface area contributed by atoms with Crippen molar-refractivity contribution in [2.75, 3.05) is 6.54 Å². The van der Waals surface area contributed by atoms with Gasteiger partial charge in [0.15, 0.2) is 0 Å². The van der Waals surface area contributed by atoms with E-state index in [1.54, 1.807) is 0 Å². The Labute approximate surface area is 110 Å². The van der Waals surface area contributed by atoms with Crippen molar-refractivity contribution in [3.05, 3.63) is 0 Å². The van der Waals surface area contributed by atoms with Gasteiger partial charge in [-0.3, -0.25) is 15.4 Å². The first-order valence-corrected chi connectivity index (χ1v) is 6.45. The van der Waals surface area contributed by atoms with Crippen LogP contribution in [0.4, 0.5) is 0 Å². The lowest BCUT2D eigenvalue weighted by molar-refractivity contribution is -0.138. The predicted octanol–water partition coefficient (Wildman–Crippen LogP) is 2.31. The van der Waals surface area contributed by atoms with E-state index in [1.165, 1.54) is 6.92 Å². The van der Waals surface area contributed by atoms with E-state index in [-0.39, 0.29) is 5.84 Å². The van der Waals surface area contributed by atoms with E-state index in [4.69, 9.17) is 21.5 Å². The van der Waals surface area contributed by atoms with Gasteiger partial charge in [0.25, 0.3) is 0 Å². The van der Waals surface area contributed by atoms with Gasteiger partial charge in [0, 0.05) is 6.54 Å². The van der Waals surface area contributed by atoms with Crippen LogP contribution in [0.2, 0.25) is 0 Å². The van der Waals surface area contributed by atoms with Crippen molar-refractivity contribution >= 4 is 11.8 Å². The first-order valence-electron chi connectivity index (χ1n) is 6.45. The maximum Gasteiger partial charge on any atom is 0.320 e. The van der Waals surface area contributed by atoms with Gasteiger partial charge in [0.05, 0.1) is 0 Å². The molecule has 0 aromatic heterocycles. The van der Waals surface area contributed by atoms with Crippen LogP contribution in [-0.2, 0) is 4.79 Å². The fourth-order valence-electron chi connectivity index (χ4n) is 0.917. The Balaban J connectivity index is -0.000000506. The first-order chi connectivity index (χ1) is 8.45. The average Bonchev–Trinajstić information content (AvgIpc) is 2.38. The molecule has 0 aromatic rings. The molecule has 5 N–H and O–H groups in total. The van der Waals surface area contributed by atoms with Gasteiger partial charge in [-0.25, -0.2) is 5.06 Å². The minimum atomic E-state index is -1.01. The number of carboxylic acid groups (broad SMARTS) is 1. The van der Waals surface area contributed by atoms with Gasteiger partial charge in [0.1, 0.15) is 11.9 Å². The Morgan fingerprint density at radius 3 is 2.06 bits per heavy atom. The van der Waals surface area contributed by atoms with Crippen LogP contribution >= 0.6 is 0 Å². The molecular weight excluding hydrogens is 234 g/mol. The lowest BCUT2D eigenvalue weighted by Crippen LogP contribution is -2.30. The number of nitrogens with two attached hydrogens (primary N) is 1. The summed E-state index contributed by atoms with van der Waals surface area (Å²) in [5.41, 5.74) is 5.28. The molecule has 0 heterocycles. The molecule has 0 aromatic carbocycles. The minimum Gasteiger partial charge on any atom is -0.480 e. The number of unbranched alkanes of at least 4 members (excludes halogenated alkanes) is 1. The second kappa shape index (κ2) is 15.9. The number of aliphatic carboxylic acids is 1. The molecule has 6 nitrogen and oxygen atoms in total. The molecule has 110 valence electrons. The number of nitrogens with one attached hydrogen (secondary N) is 1. The standard InChI is InChI=1S/C8H17N3O3.2C2H6/c1-6(9)11(14)5-3-2-4-7(10)8(12)13;2*1-2/h7,9,14H,2-5,10H2,1H3,(H,12,13);2*1-2H3/t7-;;/m0../s1. The van der Waals surface area contributed by atoms with Crippen LogP contribution in [0.15, 0.2) is 0 Å². The summed E-state index contributed by atoms with van der Waals surface area (Å²) in [5.74, 6) is -0.929. The Hall–Kier alpha value is -1.14. The van der Waals surface area contributed by atoms with Crippen LogP contribution in [0.1, 0.15) is 53.9 Å². The normalized spacial score (nSPS) is 10.2. The number of hydrogen-bond acceptors (Lipinski definition) is 4. The quantitative estimate of drug-likeness (QED) is 0.254. The maximum atomic E-state index is 10.3. The van der Waals surface area contributed by atoms with Crippen molar-refractivity contribution in [2.24, 2.45) is 5.73 Å². The van der Waals surface area contributed by atoms with Crippen molar-refractivity contribution in [2.45, 2.75) is 59.9 Å². The zero-order valence-electron chi connectivity index (χ0n) is 12.2. The Kier molecular flexibility index (Phi) is 19.5. The molecule has 0 bridgehead atoms. The van der Waals surface area contributed by atoms with Crippen LogP contribution in [0.25, 0.3) is 0 Å². The van der Waals surface area contributed by atoms with Gasteiger partial charge in [0.2, 0.25) is 0 Å². The number of hydroxylamine groups is 2. The molecule has 0 aliphatic carbocycles. The molecule has 0 saturated carbocycles. The predicted molar refractivity (Wildman–Crippen MR) is 74.1 cm³/mol. The lowest BCUT2D eigenvalue weighted by atomic mass is 10.1. The molecule has 0 rings (SSSR count). The summed E-state index contributed by atoms with van der Waals surface area (Å²) in [4.78, 5) is 10.3. The van der Waals surface area contributed by atoms with Crippen molar-refractivity contribution in [1.29, 1.82) is 5.41 Å². The molecule has 0 radical (unpaired) electrons. The molecule has 0 fully saturated rings. The van der Waals surface area contributed by atoms with Crippen LogP contribution in [0, 0.1) is 5.41 Å². The number of hydrogen-bond donors (Lipinski definition) is 4. The monoisotopic (exact) mass is 263 g/mol. The van der Waals surface area contributed by atoms with E-state index in [0.29, 0.717) is 25.8 Å².